The minimum atomic E-state index is -0.758. The average molecular weight is 418 g/mol. The third-order valence-electron chi connectivity index (χ3n) is 5.44. The van der Waals surface area contributed by atoms with Crippen LogP contribution in [0.15, 0.2) is 42.5 Å². The van der Waals surface area contributed by atoms with Crippen LogP contribution in [0.1, 0.15) is 44.2 Å². The molecular formula is C23H29F2N3O2. The van der Waals surface area contributed by atoms with Crippen molar-refractivity contribution < 1.29 is 18.3 Å². The van der Waals surface area contributed by atoms with Crippen molar-refractivity contribution in [3.05, 3.63) is 59.7 Å². The van der Waals surface area contributed by atoms with E-state index >= 15 is 4.39 Å². The molecule has 30 heavy (non-hydrogen) atoms. The highest BCUT2D eigenvalue weighted by Crippen LogP contribution is 2.35. The molecule has 0 spiro atoms. The van der Waals surface area contributed by atoms with Gasteiger partial charge in [-0.15, -0.1) is 0 Å². The minimum absolute atomic E-state index is 0.138. The number of nitrogens with one attached hydrogen (secondary N) is 2. The van der Waals surface area contributed by atoms with Gasteiger partial charge in [0.1, 0.15) is 5.75 Å². The van der Waals surface area contributed by atoms with E-state index in [2.05, 4.69) is 10.6 Å². The molecule has 1 heterocycles. The zero-order chi connectivity index (χ0) is 21.5. The molecule has 162 valence electrons. The fraction of sp³-hybridized carbons (Fsp3) is 0.435. The predicted molar refractivity (Wildman–Crippen MR) is 112 cm³/mol. The molecule has 0 saturated carbocycles. The molecule has 2 aromatic carbocycles. The molecule has 1 fully saturated rings. The molecule has 1 saturated heterocycles. The number of ether oxygens (including phenoxy) is 1. The lowest BCUT2D eigenvalue weighted by Crippen LogP contribution is -2.37. The number of hydrogen-bond acceptors (Lipinski definition) is 4. The first kappa shape index (κ1) is 22.2. The molecule has 1 aliphatic rings. The first-order valence-corrected chi connectivity index (χ1v) is 10.4. The standard InChI is InChI=1S/C23H29F2N3O2/c1-15(13-21(26)29)28-20(14-16-9-11-27-12-10-16)18-7-8-19(24)23(22(18)25)30-17-5-3-2-4-6-17/h2-8,15-16,20,27-28H,9-14H2,1H3,(H2,26,29)/t15-,20-/m1/s1. The molecule has 4 N–H and O–H groups in total. The summed E-state index contributed by atoms with van der Waals surface area (Å²) in [6.07, 6.45) is 2.79. The van der Waals surface area contributed by atoms with Crippen molar-refractivity contribution in [1.82, 2.24) is 10.6 Å². The highest BCUT2D eigenvalue weighted by atomic mass is 19.1. The summed E-state index contributed by atoms with van der Waals surface area (Å²) in [5.41, 5.74) is 5.65. The van der Waals surface area contributed by atoms with Crippen LogP contribution in [0.5, 0.6) is 11.5 Å². The molecule has 7 heteroatoms. The van der Waals surface area contributed by atoms with Crippen LogP contribution in [0.4, 0.5) is 8.78 Å². The SMILES string of the molecule is C[C@H](CC(N)=O)N[C@H](CC1CCNCC1)c1ccc(F)c(Oc2ccccc2)c1F. The van der Waals surface area contributed by atoms with Gasteiger partial charge in [-0.3, -0.25) is 4.79 Å². The van der Waals surface area contributed by atoms with Crippen LogP contribution in [-0.4, -0.2) is 25.0 Å². The van der Waals surface area contributed by atoms with Crippen molar-refractivity contribution in [2.45, 2.75) is 44.7 Å². The summed E-state index contributed by atoms with van der Waals surface area (Å²) in [7, 11) is 0. The number of carbonyl (C=O) groups excluding carboxylic acids is 1. The molecule has 0 radical (unpaired) electrons. The highest BCUT2D eigenvalue weighted by Gasteiger charge is 2.27. The number of carbonyl (C=O) groups is 1. The summed E-state index contributed by atoms with van der Waals surface area (Å²) < 4.78 is 35.4. The topological polar surface area (TPSA) is 76.4 Å². The van der Waals surface area contributed by atoms with Crippen molar-refractivity contribution in [3.63, 3.8) is 0 Å². The fourth-order valence-corrected chi connectivity index (χ4v) is 3.96. The van der Waals surface area contributed by atoms with Crippen molar-refractivity contribution in [2.75, 3.05) is 13.1 Å². The Morgan fingerprint density at radius 1 is 1.20 bits per heavy atom. The van der Waals surface area contributed by atoms with Crippen molar-refractivity contribution in [3.8, 4) is 11.5 Å². The summed E-state index contributed by atoms with van der Waals surface area (Å²) >= 11 is 0. The second kappa shape index (κ2) is 10.5. The number of halogens is 2. The van der Waals surface area contributed by atoms with Gasteiger partial charge >= 0.3 is 0 Å². The maximum atomic E-state index is 15.4. The molecule has 0 unspecified atom stereocenters. The number of hydrogen-bond donors (Lipinski definition) is 3. The van der Waals surface area contributed by atoms with Crippen LogP contribution in [0.3, 0.4) is 0 Å². The number of nitrogens with two attached hydrogens (primary N) is 1. The van der Waals surface area contributed by atoms with Crippen LogP contribution < -0.4 is 21.1 Å². The van der Waals surface area contributed by atoms with Gasteiger partial charge in [0.2, 0.25) is 5.91 Å². The Bertz CT molecular complexity index is 842. The first-order chi connectivity index (χ1) is 14.4. The molecule has 2 aromatic rings. The van der Waals surface area contributed by atoms with E-state index in [0.29, 0.717) is 23.7 Å². The van der Waals surface area contributed by atoms with Crippen LogP contribution in [-0.2, 0) is 4.79 Å². The smallest absolute Gasteiger partial charge is 0.218 e. The molecule has 2 atom stereocenters. The molecule has 0 bridgehead atoms. The average Bonchev–Trinajstić information content (AvgIpc) is 2.72. The third-order valence-corrected chi connectivity index (χ3v) is 5.44. The number of primary amides is 1. The van der Waals surface area contributed by atoms with Crippen LogP contribution in [0.25, 0.3) is 0 Å². The van der Waals surface area contributed by atoms with E-state index in [0.717, 1.165) is 25.9 Å². The first-order valence-electron chi connectivity index (χ1n) is 10.4. The van der Waals surface area contributed by atoms with Gasteiger partial charge in [0.05, 0.1) is 0 Å². The van der Waals surface area contributed by atoms with E-state index in [-0.39, 0.29) is 18.5 Å². The largest absolute Gasteiger partial charge is 0.451 e. The predicted octanol–water partition coefficient (Wildman–Crippen LogP) is 4.04. The molecule has 0 aromatic heterocycles. The zero-order valence-corrected chi connectivity index (χ0v) is 17.2. The minimum Gasteiger partial charge on any atom is -0.451 e. The maximum absolute atomic E-state index is 15.4. The Labute approximate surface area is 176 Å². The van der Waals surface area contributed by atoms with E-state index in [1.54, 1.807) is 30.3 Å². The second-order valence-corrected chi connectivity index (χ2v) is 7.91. The lowest BCUT2D eigenvalue weighted by atomic mass is 9.87. The number of amides is 1. The molecule has 0 aliphatic carbocycles. The number of para-hydroxylation sites is 1. The van der Waals surface area contributed by atoms with Gasteiger partial charge in [-0.1, -0.05) is 24.3 Å². The summed E-state index contributed by atoms with van der Waals surface area (Å²) in [5.74, 6) is -1.57. The van der Waals surface area contributed by atoms with Gasteiger partial charge in [0.25, 0.3) is 0 Å². The van der Waals surface area contributed by atoms with Gasteiger partial charge in [0.15, 0.2) is 17.4 Å². The quantitative estimate of drug-likeness (QED) is 0.576. The summed E-state index contributed by atoms with van der Waals surface area (Å²) in [5, 5.41) is 6.65. The number of rotatable bonds is 9. The zero-order valence-electron chi connectivity index (χ0n) is 17.2. The van der Waals surface area contributed by atoms with E-state index in [9.17, 15) is 9.18 Å². The number of benzene rings is 2. The Morgan fingerprint density at radius 2 is 1.90 bits per heavy atom. The van der Waals surface area contributed by atoms with Gasteiger partial charge in [-0.2, -0.15) is 0 Å². The Hall–Kier alpha value is -2.51. The van der Waals surface area contributed by atoms with E-state index in [1.165, 1.54) is 12.1 Å². The van der Waals surface area contributed by atoms with Crippen LogP contribution >= 0.6 is 0 Å². The molecule has 3 rings (SSSR count). The fourth-order valence-electron chi connectivity index (χ4n) is 3.96. The van der Waals surface area contributed by atoms with Crippen molar-refractivity contribution in [2.24, 2.45) is 11.7 Å². The summed E-state index contributed by atoms with van der Waals surface area (Å²) in [4.78, 5) is 11.3. The summed E-state index contributed by atoms with van der Waals surface area (Å²) in [6.45, 7) is 3.67. The summed E-state index contributed by atoms with van der Waals surface area (Å²) in [6, 6.07) is 10.6. The van der Waals surface area contributed by atoms with Crippen molar-refractivity contribution >= 4 is 5.91 Å². The van der Waals surface area contributed by atoms with Gasteiger partial charge < -0.3 is 21.1 Å². The lowest BCUT2D eigenvalue weighted by Gasteiger charge is -2.30. The number of piperidine rings is 1. The van der Waals surface area contributed by atoms with E-state index in [4.69, 9.17) is 10.5 Å². The second-order valence-electron chi connectivity index (χ2n) is 7.91. The molecular weight excluding hydrogens is 388 g/mol. The lowest BCUT2D eigenvalue weighted by molar-refractivity contribution is -0.118. The maximum Gasteiger partial charge on any atom is 0.218 e. The monoisotopic (exact) mass is 417 g/mol. The van der Waals surface area contributed by atoms with Crippen LogP contribution in [0.2, 0.25) is 0 Å². The highest BCUT2D eigenvalue weighted by molar-refractivity contribution is 5.74. The van der Waals surface area contributed by atoms with Gasteiger partial charge in [-0.25, -0.2) is 8.78 Å². The van der Waals surface area contributed by atoms with Gasteiger partial charge in [0, 0.05) is 24.1 Å². The van der Waals surface area contributed by atoms with Crippen molar-refractivity contribution in [1.29, 1.82) is 0 Å². The molecule has 1 aliphatic heterocycles. The third kappa shape index (κ3) is 6.00. The molecule has 1 amide bonds. The van der Waals surface area contributed by atoms with E-state index in [1.807, 2.05) is 6.92 Å². The van der Waals surface area contributed by atoms with E-state index < -0.39 is 23.3 Å². The van der Waals surface area contributed by atoms with Crippen LogP contribution in [0, 0.1) is 17.6 Å². The molecule has 5 nitrogen and oxygen atoms in total. The Kier molecular flexibility index (Phi) is 7.76. The van der Waals surface area contributed by atoms with Gasteiger partial charge in [-0.05, 0) is 63.4 Å². The Balaban J connectivity index is 1.88. The Morgan fingerprint density at radius 3 is 2.57 bits per heavy atom. The normalized spacial score (nSPS) is 16.8.